The van der Waals surface area contributed by atoms with Gasteiger partial charge in [0, 0.05) is 19.3 Å². The summed E-state index contributed by atoms with van der Waals surface area (Å²) in [5, 5.41) is 0. The lowest BCUT2D eigenvalue weighted by atomic mass is 10.0. The van der Waals surface area contributed by atoms with Crippen LogP contribution in [0.25, 0.3) is 0 Å². The van der Waals surface area contributed by atoms with Crippen LogP contribution in [0.4, 0.5) is 0 Å². The molecule has 1 rings (SSSR count). The van der Waals surface area contributed by atoms with Crippen LogP contribution in [0.3, 0.4) is 0 Å². The molecule has 0 aliphatic rings. The van der Waals surface area contributed by atoms with Gasteiger partial charge in [-0.3, -0.25) is 0 Å². The summed E-state index contributed by atoms with van der Waals surface area (Å²) < 4.78 is 0. The zero-order chi connectivity index (χ0) is 35.8. The van der Waals surface area contributed by atoms with E-state index in [1.165, 1.54) is 231 Å². The van der Waals surface area contributed by atoms with Crippen molar-refractivity contribution >= 4 is 0 Å². The van der Waals surface area contributed by atoms with Crippen molar-refractivity contribution < 1.29 is 0 Å². The third kappa shape index (κ3) is 32.9. The lowest BCUT2D eigenvalue weighted by Gasteiger charge is -2.08. The molecule has 0 aromatic carbocycles. The van der Waals surface area contributed by atoms with Crippen LogP contribution in [-0.4, -0.2) is 15.0 Å². The average Bonchev–Trinajstić information content (AvgIpc) is 3.13. The molecule has 0 amide bonds. The summed E-state index contributed by atoms with van der Waals surface area (Å²) in [5.74, 6) is 3.11. The molecule has 0 saturated carbocycles. The van der Waals surface area contributed by atoms with E-state index in [0.717, 1.165) is 49.6 Å². The molecule has 0 fully saturated rings. The maximum atomic E-state index is 4.93. The first kappa shape index (κ1) is 47.0. The van der Waals surface area contributed by atoms with Gasteiger partial charge in [0.2, 0.25) is 0 Å². The van der Waals surface area contributed by atoms with Gasteiger partial charge in [-0.15, -0.1) is 0 Å². The van der Waals surface area contributed by atoms with Crippen molar-refractivity contribution in [2.45, 2.75) is 277 Å². The van der Waals surface area contributed by atoms with Crippen LogP contribution in [0, 0.1) is 6.92 Å². The Morgan fingerprint density at radius 2 is 0.440 bits per heavy atom. The van der Waals surface area contributed by atoms with Crippen molar-refractivity contribution in [3.63, 3.8) is 0 Å². The van der Waals surface area contributed by atoms with Gasteiger partial charge in [0.25, 0.3) is 0 Å². The molecule has 0 aliphatic carbocycles. The molecule has 1 aromatic rings. The number of hydrogen-bond donors (Lipinski definition) is 0. The number of rotatable bonds is 41. The van der Waals surface area contributed by atoms with Crippen LogP contribution in [0.5, 0.6) is 0 Å². The molecule has 0 atom stereocenters. The molecule has 3 heteroatoms. The van der Waals surface area contributed by atoms with Crippen LogP contribution in [-0.2, 0) is 19.3 Å². The predicted molar refractivity (Wildman–Crippen MR) is 223 cm³/mol. The van der Waals surface area contributed by atoms with Crippen molar-refractivity contribution in [2.75, 3.05) is 0 Å². The number of nitrogens with zero attached hydrogens (tertiary/aromatic N) is 3. The Bertz CT molecular complexity index is 734. The molecule has 0 aliphatic heterocycles. The summed E-state index contributed by atoms with van der Waals surface area (Å²) in [6.07, 6.45) is 56.1. The average molecular weight is 697 g/mol. The van der Waals surface area contributed by atoms with Crippen molar-refractivity contribution in [1.82, 2.24) is 15.0 Å². The molecule has 0 unspecified atom stereocenters. The molecular weight excluding hydrogens is 607 g/mol. The second-order valence-corrected chi connectivity index (χ2v) is 16.1. The minimum atomic E-state index is 0.949. The Hall–Kier alpha value is -0.990. The van der Waals surface area contributed by atoms with Crippen molar-refractivity contribution in [1.29, 1.82) is 0 Å². The van der Waals surface area contributed by atoms with E-state index < -0.39 is 0 Å². The molecular formula is C47H90N3. The van der Waals surface area contributed by atoms with E-state index in [4.69, 9.17) is 15.0 Å². The predicted octanol–water partition coefficient (Wildman–Crippen LogP) is 16.2. The van der Waals surface area contributed by atoms with Crippen molar-refractivity contribution in [2.24, 2.45) is 0 Å². The third-order valence-corrected chi connectivity index (χ3v) is 10.9. The smallest absolute Gasteiger partial charge is 0.132 e. The Labute approximate surface area is 315 Å². The van der Waals surface area contributed by atoms with Gasteiger partial charge in [-0.05, 0) is 19.3 Å². The quantitative estimate of drug-likeness (QED) is 0.0640. The van der Waals surface area contributed by atoms with E-state index in [-0.39, 0.29) is 0 Å². The fourth-order valence-corrected chi connectivity index (χ4v) is 7.51. The minimum Gasteiger partial charge on any atom is -0.218 e. The van der Waals surface area contributed by atoms with E-state index in [1.54, 1.807) is 0 Å². The standard InChI is InChI=1S/C47H90N3/c1-4-7-10-12-14-16-18-20-22-24-26-28-30-32-34-36-38-40-43-46-48-45(42-9-6-3)49-47(50-46)44-41-39-37-35-33-31-29-27-25-23-21-19-17-15-13-11-8-5-2/h3-44H2,1-2H3. The Morgan fingerprint density at radius 1 is 0.260 bits per heavy atom. The van der Waals surface area contributed by atoms with Crippen LogP contribution in [0.15, 0.2) is 0 Å². The molecule has 0 bridgehead atoms. The molecule has 0 saturated heterocycles. The molecule has 50 heavy (non-hydrogen) atoms. The van der Waals surface area contributed by atoms with E-state index in [2.05, 4.69) is 20.8 Å². The van der Waals surface area contributed by atoms with Gasteiger partial charge >= 0.3 is 0 Å². The topological polar surface area (TPSA) is 38.7 Å². The number of hydrogen-bond acceptors (Lipinski definition) is 3. The zero-order valence-corrected chi connectivity index (χ0v) is 34.5. The summed E-state index contributed by atoms with van der Waals surface area (Å²) in [6, 6.07) is 0. The highest BCUT2D eigenvalue weighted by molar-refractivity contribution is 4.99. The highest BCUT2D eigenvalue weighted by Gasteiger charge is 2.07. The Kier molecular flexibility index (Phi) is 36.9. The van der Waals surface area contributed by atoms with Gasteiger partial charge in [0.1, 0.15) is 17.5 Å². The lowest BCUT2D eigenvalue weighted by Crippen LogP contribution is -2.08. The SMILES string of the molecule is [CH2]CCCc1nc(CCCCCCCCCCCCCCCCCCCC)nc(CCCCCCCCCCCCCCCCCCCC)n1. The second kappa shape index (κ2) is 39.2. The van der Waals surface area contributed by atoms with Crippen molar-refractivity contribution in [3.05, 3.63) is 24.4 Å². The molecule has 0 N–H and O–H groups in total. The van der Waals surface area contributed by atoms with Crippen LogP contribution < -0.4 is 0 Å². The lowest BCUT2D eigenvalue weighted by molar-refractivity contribution is 0.523. The number of unbranched alkanes of at least 4 members (excludes halogenated alkanes) is 35. The fraction of sp³-hybridized carbons (Fsp3) is 0.915. The van der Waals surface area contributed by atoms with Crippen LogP contribution in [0.1, 0.15) is 275 Å². The van der Waals surface area contributed by atoms with Gasteiger partial charge in [0.05, 0.1) is 0 Å². The summed E-state index contributed by atoms with van der Waals surface area (Å²) in [4.78, 5) is 14.7. The van der Waals surface area contributed by atoms with E-state index in [9.17, 15) is 0 Å². The van der Waals surface area contributed by atoms with Crippen LogP contribution >= 0.6 is 0 Å². The van der Waals surface area contributed by atoms with E-state index in [0.29, 0.717) is 0 Å². The monoisotopic (exact) mass is 697 g/mol. The van der Waals surface area contributed by atoms with Gasteiger partial charge in [0.15, 0.2) is 0 Å². The second-order valence-electron chi connectivity index (χ2n) is 16.1. The van der Waals surface area contributed by atoms with Gasteiger partial charge in [-0.1, -0.05) is 245 Å². The summed E-state index contributed by atoms with van der Waals surface area (Å²) >= 11 is 0. The highest BCUT2D eigenvalue weighted by Crippen LogP contribution is 2.17. The maximum absolute atomic E-state index is 4.93. The molecule has 1 heterocycles. The zero-order valence-electron chi connectivity index (χ0n) is 34.5. The Morgan fingerprint density at radius 3 is 0.640 bits per heavy atom. The first-order chi connectivity index (χ1) is 24.8. The van der Waals surface area contributed by atoms with Crippen LogP contribution in [0.2, 0.25) is 0 Å². The summed E-state index contributed by atoms with van der Waals surface area (Å²) in [5.41, 5.74) is 0. The van der Waals surface area contributed by atoms with Gasteiger partial charge in [-0.2, -0.15) is 0 Å². The number of aromatic nitrogens is 3. The van der Waals surface area contributed by atoms with E-state index >= 15 is 0 Å². The largest absolute Gasteiger partial charge is 0.218 e. The van der Waals surface area contributed by atoms with Gasteiger partial charge in [-0.25, -0.2) is 15.0 Å². The van der Waals surface area contributed by atoms with Crippen molar-refractivity contribution in [3.8, 4) is 0 Å². The fourth-order valence-electron chi connectivity index (χ4n) is 7.51. The molecule has 0 spiro atoms. The summed E-state index contributed by atoms with van der Waals surface area (Å²) in [6.45, 7) is 8.64. The highest BCUT2D eigenvalue weighted by atomic mass is 15.0. The third-order valence-electron chi connectivity index (χ3n) is 10.9. The number of aryl methyl sites for hydroxylation is 3. The first-order valence-electron chi connectivity index (χ1n) is 23.3. The first-order valence-corrected chi connectivity index (χ1v) is 23.3. The summed E-state index contributed by atoms with van der Waals surface area (Å²) in [7, 11) is 0. The normalized spacial score (nSPS) is 11.6. The van der Waals surface area contributed by atoms with Gasteiger partial charge < -0.3 is 0 Å². The minimum absolute atomic E-state index is 0.949. The molecule has 293 valence electrons. The Balaban J connectivity index is 2.02. The molecule has 1 aromatic heterocycles. The molecule has 1 radical (unpaired) electrons. The maximum Gasteiger partial charge on any atom is 0.132 e. The molecule has 3 nitrogen and oxygen atoms in total. The van der Waals surface area contributed by atoms with E-state index in [1.807, 2.05) is 0 Å².